The van der Waals surface area contributed by atoms with E-state index in [1.165, 1.54) is 11.1 Å². The minimum absolute atomic E-state index is 0.156. The molecule has 0 bridgehead atoms. The van der Waals surface area contributed by atoms with Crippen LogP contribution in [0.15, 0.2) is 16.6 Å². The van der Waals surface area contributed by atoms with Gasteiger partial charge in [0.15, 0.2) is 0 Å². The lowest BCUT2D eigenvalue weighted by molar-refractivity contribution is 0.174. The predicted octanol–water partition coefficient (Wildman–Crippen LogP) is 1.95. The summed E-state index contributed by atoms with van der Waals surface area (Å²) in [5, 5.41) is 9.54. The molecule has 1 aromatic carbocycles. The fraction of sp³-hybridized carbons (Fsp3) is 0.538. The van der Waals surface area contributed by atoms with Gasteiger partial charge in [-0.3, -0.25) is 4.90 Å². The van der Waals surface area contributed by atoms with Crippen LogP contribution in [0.1, 0.15) is 17.5 Å². The number of halogens is 1. The van der Waals surface area contributed by atoms with Gasteiger partial charge in [0.2, 0.25) is 0 Å². The Morgan fingerprint density at radius 1 is 1.47 bits per heavy atom. The lowest BCUT2D eigenvalue weighted by Gasteiger charge is -2.17. The number of likely N-dealkylation sites (tertiary alicyclic amines) is 1. The fourth-order valence-corrected chi connectivity index (χ4v) is 3.21. The van der Waals surface area contributed by atoms with Crippen LogP contribution in [0.2, 0.25) is 0 Å². The summed E-state index contributed by atoms with van der Waals surface area (Å²) in [7, 11) is 0. The quantitative estimate of drug-likeness (QED) is 0.906. The average molecular weight is 298 g/mol. The molecule has 2 heterocycles. The molecule has 2 aliphatic heterocycles. The van der Waals surface area contributed by atoms with Gasteiger partial charge in [0.25, 0.3) is 0 Å². The van der Waals surface area contributed by atoms with Crippen molar-refractivity contribution in [1.29, 1.82) is 0 Å². The van der Waals surface area contributed by atoms with Crippen LogP contribution in [0, 0.1) is 0 Å². The highest BCUT2D eigenvalue weighted by molar-refractivity contribution is 9.10. The van der Waals surface area contributed by atoms with Crippen LogP contribution < -0.4 is 4.74 Å². The minimum Gasteiger partial charge on any atom is -0.493 e. The molecule has 3 nitrogen and oxygen atoms in total. The highest BCUT2D eigenvalue weighted by Gasteiger charge is 2.23. The van der Waals surface area contributed by atoms with E-state index in [2.05, 4.69) is 33.0 Å². The fourth-order valence-electron chi connectivity index (χ4n) is 2.66. The summed E-state index contributed by atoms with van der Waals surface area (Å²) in [5.74, 6) is 1.06. The molecule has 1 saturated heterocycles. The molecule has 0 aromatic heterocycles. The number of aliphatic hydroxyl groups excluding tert-OH is 1. The molecular formula is C13H16BrNO2. The van der Waals surface area contributed by atoms with Gasteiger partial charge in [-0.25, -0.2) is 0 Å². The summed E-state index contributed by atoms with van der Waals surface area (Å²) >= 11 is 3.55. The molecule has 0 saturated carbocycles. The molecule has 17 heavy (non-hydrogen) atoms. The van der Waals surface area contributed by atoms with Crippen molar-refractivity contribution in [1.82, 2.24) is 4.90 Å². The second kappa shape index (κ2) is 4.59. The average Bonchev–Trinajstić information content (AvgIpc) is 2.87. The molecule has 1 unspecified atom stereocenters. The van der Waals surface area contributed by atoms with Crippen LogP contribution in [0.4, 0.5) is 0 Å². The summed E-state index contributed by atoms with van der Waals surface area (Å²) < 4.78 is 6.83. The molecule has 1 atom stereocenters. The standard InChI is InChI=1S/C13H16BrNO2/c14-11-5-9-2-4-17-13(9)10(6-11)7-15-3-1-12(16)8-15/h5-6,12,16H,1-4,7-8H2. The summed E-state index contributed by atoms with van der Waals surface area (Å²) in [5.41, 5.74) is 2.54. The number of benzene rings is 1. The number of hydrogen-bond donors (Lipinski definition) is 1. The van der Waals surface area contributed by atoms with E-state index in [1.807, 2.05) is 0 Å². The van der Waals surface area contributed by atoms with Gasteiger partial charge in [0.05, 0.1) is 12.7 Å². The van der Waals surface area contributed by atoms with Gasteiger partial charge in [-0.05, 0) is 24.1 Å². The summed E-state index contributed by atoms with van der Waals surface area (Å²) in [6.45, 7) is 3.42. The van der Waals surface area contributed by atoms with Crippen molar-refractivity contribution in [2.75, 3.05) is 19.7 Å². The zero-order valence-corrected chi connectivity index (χ0v) is 11.2. The van der Waals surface area contributed by atoms with E-state index in [4.69, 9.17) is 4.74 Å². The zero-order chi connectivity index (χ0) is 11.8. The molecule has 0 spiro atoms. The van der Waals surface area contributed by atoms with Gasteiger partial charge >= 0.3 is 0 Å². The Labute approximate surface area is 110 Å². The van der Waals surface area contributed by atoms with Gasteiger partial charge in [0, 0.05) is 36.1 Å². The third kappa shape index (κ3) is 2.34. The van der Waals surface area contributed by atoms with E-state index in [-0.39, 0.29) is 6.10 Å². The van der Waals surface area contributed by atoms with E-state index in [9.17, 15) is 5.11 Å². The Morgan fingerprint density at radius 3 is 3.12 bits per heavy atom. The van der Waals surface area contributed by atoms with Crippen molar-refractivity contribution in [3.63, 3.8) is 0 Å². The van der Waals surface area contributed by atoms with Gasteiger partial charge in [-0.15, -0.1) is 0 Å². The lowest BCUT2D eigenvalue weighted by atomic mass is 10.1. The van der Waals surface area contributed by atoms with Crippen LogP contribution in [-0.4, -0.2) is 35.8 Å². The molecule has 0 aliphatic carbocycles. The summed E-state index contributed by atoms with van der Waals surface area (Å²) in [6, 6.07) is 4.28. The second-order valence-electron chi connectivity index (χ2n) is 4.83. The first-order valence-corrected chi connectivity index (χ1v) is 6.86. The van der Waals surface area contributed by atoms with E-state index in [1.54, 1.807) is 0 Å². The second-order valence-corrected chi connectivity index (χ2v) is 5.74. The Morgan fingerprint density at radius 2 is 2.35 bits per heavy atom. The molecule has 2 aliphatic rings. The number of aliphatic hydroxyl groups is 1. The number of rotatable bonds is 2. The minimum atomic E-state index is -0.156. The number of β-amino-alcohol motifs (C(OH)–C–C–N with tert-alkyl or cyclic N) is 1. The third-order valence-corrected chi connectivity index (χ3v) is 3.92. The van der Waals surface area contributed by atoms with E-state index < -0.39 is 0 Å². The van der Waals surface area contributed by atoms with Crippen LogP contribution in [0.3, 0.4) is 0 Å². The maximum atomic E-state index is 9.54. The van der Waals surface area contributed by atoms with E-state index in [0.717, 1.165) is 49.3 Å². The van der Waals surface area contributed by atoms with Crippen molar-refractivity contribution in [3.05, 3.63) is 27.7 Å². The highest BCUT2D eigenvalue weighted by Crippen LogP contribution is 2.34. The van der Waals surface area contributed by atoms with Gasteiger partial charge < -0.3 is 9.84 Å². The van der Waals surface area contributed by atoms with Crippen molar-refractivity contribution < 1.29 is 9.84 Å². The molecule has 1 fully saturated rings. The molecule has 3 rings (SSSR count). The molecule has 0 radical (unpaired) electrons. The van der Waals surface area contributed by atoms with Crippen LogP contribution in [0.5, 0.6) is 5.75 Å². The molecular weight excluding hydrogens is 282 g/mol. The lowest BCUT2D eigenvalue weighted by Crippen LogP contribution is -2.21. The maximum absolute atomic E-state index is 9.54. The smallest absolute Gasteiger partial charge is 0.127 e. The largest absolute Gasteiger partial charge is 0.493 e. The zero-order valence-electron chi connectivity index (χ0n) is 9.66. The molecule has 0 amide bonds. The number of nitrogens with zero attached hydrogens (tertiary/aromatic N) is 1. The highest BCUT2D eigenvalue weighted by atomic mass is 79.9. The van der Waals surface area contributed by atoms with Crippen LogP contribution >= 0.6 is 15.9 Å². The molecule has 92 valence electrons. The molecule has 1 aromatic rings. The van der Waals surface area contributed by atoms with E-state index >= 15 is 0 Å². The Balaban J connectivity index is 1.83. The Bertz CT molecular complexity index is 436. The van der Waals surface area contributed by atoms with Gasteiger partial charge in [-0.1, -0.05) is 15.9 Å². The van der Waals surface area contributed by atoms with Crippen LogP contribution in [0.25, 0.3) is 0 Å². The Hall–Kier alpha value is -0.580. The summed E-state index contributed by atoms with van der Waals surface area (Å²) in [4.78, 5) is 2.29. The normalized spacial score (nSPS) is 23.8. The SMILES string of the molecule is OC1CCN(Cc2cc(Br)cc3c2OCC3)C1. The first-order valence-electron chi connectivity index (χ1n) is 6.07. The monoisotopic (exact) mass is 297 g/mol. The van der Waals surface area contributed by atoms with Crippen molar-refractivity contribution in [2.45, 2.75) is 25.5 Å². The van der Waals surface area contributed by atoms with Gasteiger partial charge in [0.1, 0.15) is 5.75 Å². The molecule has 1 N–H and O–H groups in total. The Kier molecular flexibility index (Phi) is 3.11. The first kappa shape index (κ1) is 11.5. The summed E-state index contributed by atoms with van der Waals surface area (Å²) in [6.07, 6.45) is 1.73. The number of hydrogen-bond acceptors (Lipinski definition) is 3. The van der Waals surface area contributed by atoms with Crippen molar-refractivity contribution in [3.8, 4) is 5.75 Å². The first-order chi connectivity index (χ1) is 8.22. The third-order valence-electron chi connectivity index (χ3n) is 3.47. The van der Waals surface area contributed by atoms with Gasteiger partial charge in [-0.2, -0.15) is 0 Å². The number of fused-ring (bicyclic) bond motifs is 1. The number of ether oxygens (including phenoxy) is 1. The predicted molar refractivity (Wildman–Crippen MR) is 69.2 cm³/mol. The van der Waals surface area contributed by atoms with E-state index in [0.29, 0.717) is 0 Å². The maximum Gasteiger partial charge on any atom is 0.127 e. The topological polar surface area (TPSA) is 32.7 Å². The van der Waals surface area contributed by atoms with Crippen LogP contribution in [-0.2, 0) is 13.0 Å². The van der Waals surface area contributed by atoms with Crippen molar-refractivity contribution in [2.24, 2.45) is 0 Å². The van der Waals surface area contributed by atoms with Crippen molar-refractivity contribution >= 4 is 15.9 Å². The molecule has 4 heteroatoms.